The molecule has 70 heteroatoms. The molecule has 0 saturated carbocycles. The monoisotopic (exact) mass is 2020 g/mol. The van der Waals surface area contributed by atoms with Gasteiger partial charge < -0.3 is 251 Å². The summed E-state index contributed by atoms with van der Waals surface area (Å²) in [7, 11) is -21.4. The largest absolute Gasteiger partial charge is 0.483 e. The molecule has 10 aliphatic heterocycles. The van der Waals surface area contributed by atoms with Crippen LogP contribution in [-0.2, 0) is 102 Å². The summed E-state index contributed by atoms with van der Waals surface area (Å²) in [6.07, 6.45) is -66.2. The number of hydrogen-bond donors (Lipinski definition) is 37. The molecule has 0 aromatic carbocycles. The smallest absolute Gasteiger partial charge is 0.394 e. The number of nitrogens with two attached hydrogens (primary N) is 2. The number of hydrogen-bond acceptors (Lipinski definition) is 60. The van der Waals surface area contributed by atoms with Crippen molar-refractivity contribution in [2.75, 3.05) is 70.9 Å². The summed E-state index contributed by atoms with van der Waals surface area (Å²) in [5.41, 5.74) is 12.4. The summed E-state index contributed by atoms with van der Waals surface area (Å²) in [6.45, 7) is -7.24. The van der Waals surface area contributed by atoms with Gasteiger partial charge in [0.1, 0.15) is 237 Å². The van der Waals surface area contributed by atoms with Crippen LogP contribution in [0.3, 0.4) is 0 Å². The number of anilines is 2. The molecule has 47 atom stereocenters. The SMILES string of the molecule is Nc1ncnc2c1N=CC2[C@@H]1O[C@H](COP(=O)(O)OP(=O)(O)O[C@H]2O[C@H](CO)[C@@H](O)[C@H](O)[C@H]2O)[C@@H](O)[C@H]1O.Nc1ncnc2c1ncn2[C@@H]1OC(COP(=O)(O)OP(=O)(O)O)[C@@H](O)[C@H]1O.OC[C@H]1O[C@H](O[C@H]2[C@H](O)[C@@H](O)[C@@H](O[C@H]3[C@H](O)[C@@H](O)[C@@H](O)O[C@@H]3CO)O[C@@H]2CO)[C@H](O)[C@@H](O)[C@@H]1O.OC[C@H]1O[C@H](O[C@H]2[C@H](O)[C@@H](O)[C@@H](O[C@H]3[C@H](O)[C@@H](O)[C@@H](O)O[C@@H]3CO)O[C@@H]2CO)[C@H](O)[C@@H](O)[C@@H]1O. The van der Waals surface area contributed by atoms with E-state index in [1.165, 1.54) is 23.4 Å². The number of aliphatic imine (C=N–C) groups is 1. The first-order chi connectivity index (χ1) is 62.3. The Hall–Kier alpha value is -4.30. The van der Waals surface area contributed by atoms with Crippen LogP contribution >= 0.6 is 31.3 Å². The average Bonchev–Trinajstić information content (AvgIpc) is 1.57. The van der Waals surface area contributed by atoms with E-state index in [-0.39, 0.29) is 28.5 Å². The zero-order valence-electron chi connectivity index (χ0n) is 67.8. The first-order valence-electron chi connectivity index (χ1n) is 39.3. The second-order valence-electron chi connectivity index (χ2n) is 30.7. The van der Waals surface area contributed by atoms with Gasteiger partial charge in [0, 0.05) is 6.21 Å². The van der Waals surface area contributed by atoms with E-state index in [0.717, 1.165) is 6.33 Å². The molecule has 13 rings (SSSR count). The second kappa shape index (κ2) is 46.6. The molecule has 0 amide bonds. The lowest BCUT2D eigenvalue weighted by atomic mass is 9.95. The quantitative estimate of drug-likeness (QED) is 0.0287. The van der Waals surface area contributed by atoms with Crippen molar-refractivity contribution in [3.05, 3.63) is 24.7 Å². The summed E-state index contributed by atoms with van der Waals surface area (Å²) in [6, 6.07) is 0. The Labute approximate surface area is 743 Å². The maximum atomic E-state index is 12.3. The van der Waals surface area contributed by atoms with E-state index in [1.54, 1.807) is 0 Å². The number of nitrogen functional groups attached to an aromatic ring is 2. The summed E-state index contributed by atoms with van der Waals surface area (Å²) >= 11 is 0. The first kappa shape index (κ1) is 111. The molecular weight excluding hydrogens is 1920 g/mol. The van der Waals surface area contributed by atoms with E-state index in [4.69, 9.17) is 87.9 Å². The van der Waals surface area contributed by atoms with Gasteiger partial charge in [-0.2, -0.15) is 8.62 Å². The van der Waals surface area contributed by atoms with Crippen molar-refractivity contribution in [1.82, 2.24) is 29.5 Å². The highest BCUT2D eigenvalue weighted by Crippen LogP contribution is 2.62. The number of ether oxygens (including phenoxy) is 13. The minimum absolute atomic E-state index is 0.0828. The maximum Gasteiger partial charge on any atom is 0.483 e. The van der Waals surface area contributed by atoms with Crippen molar-refractivity contribution < 1.29 is 280 Å². The molecule has 9 saturated heterocycles. The summed E-state index contributed by atoms with van der Waals surface area (Å²) in [4.78, 5) is 69.8. The molecular formula is C63H105N9O57P4. The molecule has 0 aliphatic carbocycles. The second-order valence-corrected chi connectivity index (χ2v) is 36.5. The minimum atomic E-state index is -5.56. The van der Waals surface area contributed by atoms with Gasteiger partial charge in [0.15, 0.2) is 67.5 Å². The Morgan fingerprint density at radius 1 is 0.338 bits per heavy atom. The van der Waals surface area contributed by atoms with Gasteiger partial charge >= 0.3 is 31.3 Å². The number of imidazole rings is 1. The molecule has 0 spiro atoms. The van der Waals surface area contributed by atoms with Gasteiger partial charge in [-0.1, -0.05) is 0 Å². The number of aliphatic hydroxyl groups is 30. The molecule has 5 unspecified atom stereocenters. The summed E-state index contributed by atoms with van der Waals surface area (Å²) < 4.78 is 138. The minimum Gasteiger partial charge on any atom is -0.394 e. The molecule has 66 nitrogen and oxygen atoms in total. The lowest BCUT2D eigenvalue weighted by molar-refractivity contribution is -0.377. The summed E-state index contributed by atoms with van der Waals surface area (Å²) in [5.74, 6) is -0.589. The van der Waals surface area contributed by atoms with Gasteiger partial charge in [-0.25, -0.2) is 43.2 Å². The van der Waals surface area contributed by atoms with Crippen molar-refractivity contribution in [2.45, 2.75) is 270 Å². The number of aliphatic hydroxyl groups excluding tert-OH is 30. The fourth-order valence-electron chi connectivity index (χ4n) is 14.7. The number of phosphoric acid groups is 4. The molecule has 764 valence electrons. The average molecular weight is 2020 g/mol. The third-order valence-corrected chi connectivity index (χ3v) is 26.5. The van der Waals surface area contributed by atoms with Gasteiger partial charge in [0.25, 0.3) is 0 Å². The van der Waals surface area contributed by atoms with Crippen LogP contribution in [0.4, 0.5) is 17.3 Å². The van der Waals surface area contributed by atoms with Crippen LogP contribution in [0.25, 0.3) is 11.2 Å². The highest BCUT2D eigenvalue weighted by molar-refractivity contribution is 7.61. The predicted molar refractivity (Wildman–Crippen MR) is 407 cm³/mol. The van der Waals surface area contributed by atoms with Crippen LogP contribution in [0.15, 0.2) is 24.0 Å². The van der Waals surface area contributed by atoms with Gasteiger partial charge in [-0.15, -0.1) is 0 Å². The first-order valence-corrected chi connectivity index (χ1v) is 45.3. The zero-order chi connectivity index (χ0) is 98.6. The molecule has 3 aromatic heterocycles. The van der Waals surface area contributed by atoms with Gasteiger partial charge in [0.05, 0.1) is 77.4 Å². The number of aromatic nitrogens is 6. The van der Waals surface area contributed by atoms with E-state index in [2.05, 4.69) is 52.1 Å². The van der Waals surface area contributed by atoms with E-state index >= 15 is 0 Å². The van der Waals surface area contributed by atoms with Crippen molar-refractivity contribution >= 4 is 66.0 Å². The van der Waals surface area contributed by atoms with Crippen molar-refractivity contribution in [3.63, 3.8) is 0 Å². The third kappa shape index (κ3) is 25.6. The topological polar surface area (TPSA) is 1080 Å². The highest BCUT2D eigenvalue weighted by Gasteiger charge is 2.59. The number of fused-ring (bicyclic) bond motifs is 2. The molecule has 0 radical (unpaired) electrons. The van der Waals surface area contributed by atoms with Crippen molar-refractivity contribution in [1.29, 1.82) is 0 Å². The number of phosphoric ester groups is 3. The number of rotatable bonds is 29. The standard InChI is InChI=1S/2C18H32O16.C17H26N4O15P2.C10H15N5O10P2/c2*19-1-4-7(22)8(23)12(27)17(31-4)34-15-6(3-21)32-18(13(28)10(15)25)33-14-5(2-20)30-16(29)11(26)9(14)24;18-16-9-8(20-4-21-16)5(1-19-9)15-13(26)11(24)7(33-15)3-32-37(28,29)36-38(30,31)35-17-14(27)12(25)10(23)6(2-22)34-17;11-8-5-9(13-2-12-8)15(3-14-5)10-7(17)6(16)4(24-10)1-23-27(21,22)25-26(18,19)20/h2*4-29H,1-3H2;1,4-7,10-15,17,22-27H,2-3H2,(H,28,29)(H,30,31)(H2,18,20,21);2-4,6-7,10,16-17H,1H2,(H,21,22)(H2,11,12,13)(H2,18,19,20)/t2*4-,5-,6-,7-,8+,9-,10-,11-,12-,13-,14-,15-,16+,17-,18-;5?,6-,7-,10-,11-,12+,13-,14-,15+,17-;4?,6-,7-,10-/m1111/s1. The van der Waals surface area contributed by atoms with E-state index in [0.29, 0.717) is 5.69 Å². The Balaban J connectivity index is 0.000000185. The molecule has 3 aromatic rings. The van der Waals surface area contributed by atoms with Crippen LogP contribution in [-0.4, -0.2) is 530 Å². The molecule has 0 bridgehead atoms. The van der Waals surface area contributed by atoms with Crippen molar-refractivity contribution in [3.8, 4) is 0 Å². The molecule has 39 N–H and O–H groups in total. The number of nitrogens with zero attached hydrogens (tertiary/aromatic N) is 7. The predicted octanol–water partition coefficient (Wildman–Crippen LogP) is -20.5. The van der Waals surface area contributed by atoms with Gasteiger partial charge in [0.2, 0.25) is 0 Å². The molecule has 13 heterocycles. The zero-order valence-corrected chi connectivity index (χ0v) is 71.4. The fraction of sp³-hybridized carbons (Fsp3) is 0.841. The van der Waals surface area contributed by atoms with Gasteiger partial charge in [-0.3, -0.25) is 23.1 Å². The van der Waals surface area contributed by atoms with Gasteiger partial charge in [-0.05, 0) is 0 Å². The fourth-order valence-corrected chi connectivity index (χ4v) is 18.4. The van der Waals surface area contributed by atoms with Crippen LogP contribution in [0.1, 0.15) is 17.8 Å². The van der Waals surface area contributed by atoms with Crippen LogP contribution in [0.2, 0.25) is 0 Å². The van der Waals surface area contributed by atoms with Crippen molar-refractivity contribution in [2.24, 2.45) is 4.99 Å². The van der Waals surface area contributed by atoms with Crippen LogP contribution in [0, 0.1) is 0 Å². The molecule has 10 aliphatic rings. The lowest BCUT2D eigenvalue weighted by Gasteiger charge is -2.47. The Kier molecular flexibility index (Phi) is 38.8. The highest BCUT2D eigenvalue weighted by atomic mass is 31.3. The van der Waals surface area contributed by atoms with Crippen LogP contribution < -0.4 is 11.5 Å². The molecule has 9 fully saturated rings. The maximum absolute atomic E-state index is 12.3. The Morgan fingerprint density at radius 2 is 0.684 bits per heavy atom. The van der Waals surface area contributed by atoms with E-state index in [9.17, 15) is 181 Å². The van der Waals surface area contributed by atoms with E-state index in [1.807, 2.05) is 0 Å². The van der Waals surface area contributed by atoms with E-state index < -0.39 is 361 Å². The Bertz CT molecular complexity index is 4310. The third-order valence-electron chi connectivity index (χ3n) is 21.8. The summed E-state index contributed by atoms with van der Waals surface area (Å²) in [5, 5.41) is 298. The normalized spacial score (nSPS) is 44.1. The molecule has 133 heavy (non-hydrogen) atoms. The Morgan fingerprint density at radius 3 is 1.11 bits per heavy atom. The van der Waals surface area contributed by atoms with Crippen LogP contribution in [0.5, 0.6) is 0 Å². The lowest BCUT2D eigenvalue weighted by Crippen LogP contribution is -2.66.